The topological polar surface area (TPSA) is 17.1 Å². The van der Waals surface area contributed by atoms with Gasteiger partial charge in [-0.25, -0.2) is 0 Å². The Morgan fingerprint density at radius 2 is 1.61 bits per heavy atom. The zero-order chi connectivity index (χ0) is 16.9. The molecule has 0 aliphatic heterocycles. The van der Waals surface area contributed by atoms with Gasteiger partial charge in [-0.3, -0.25) is 4.79 Å². The predicted octanol–water partition coefficient (Wildman–Crippen LogP) is 5.55. The van der Waals surface area contributed by atoms with Crippen molar-refractivity contribution in [2.45, 2.75) is 13.1 Å². The minimum absolute atomic E-state index is 0.186. The van der Waals surface area contributed by atoms with Crippen molar-refractivity contribution >= 4 is 17.9 Å². The van der Waals surface area contributed by atoms with Crippen LogP contribution in [0.5, 0.6) is 0 Å². The average Bonchev–Trinajstić information content (AvgIpc) is 2.51. The summed E-state index contributed by atoms with van der Waals surface area (Å²) in [7, 11) is 0. The van der Waals surface area contributed by atoms with E-state index in [2.05, 4.69) is 0 Å². The lowest BCUT2D eigenvalue weighted by Crippen LogP contribution is -2.09. The zero-order valence-electron chi connectivity index (χ0n) is 12.5. The lowest BCUT2D eigenvalue weighted by Gasteiger charge is -2.08. The van der Waals surface area contributed by atoms with E-state index in [-0.39, 0.29) is 5.78 Å². The summed E-state index contributed by atoms with van der Waals surface area (Å²) < 4.78 is 39.5. The molecular weight excluding hydrogens is 301 g/mol. The average molecular weight is 316 g/mol. The highest BCUT2D eigenvalue weighted by Gasteiger charge is 2.31. The molecule has 0 N–H and O–H groups in total. The fraction of sp³-hybridized carbons (Fsp3) is 0.105. The molecule has 0 atom stereocenters. The summed E-state index contributed by atoms with van der Waals surface area (Å²) in [6, 6.07) is 14.9. The van der Waals surface area contributed by atoms with Crippen LogP contribution in [0.15, 0.2) is 66.2 Å². The molecule has 0 fully saturated rings. The van der Waals surface area contributed by atoms with Crippen molar-refractivity contribution in [1.82, 2.24) is 0 Å². The minimum Gasteiger partial charge on any atom is -0.295 e. The largest absolute Gasteiger partial charge is 0.416 e. The van der Waals surface area contributed by atoms with Gasteiger partial charge in [0, 0.05) is 5.56 Å². The van der Waals surface area contributed by atoms with Gasteiger partial charge in [-0.15, -0.1) is 0 Å². The normalized spacial score (nSPS) is 12.6. The van der Waals surface area contributed by atoms with E-state index in [0.717, 1.165) is 12.2 Å². The lowest BCUT2D eigenvalue weighted by molar-refractivity contribution is -0.0872. The van der Waals surface area contributed by atoms with E-state index in [0.29, 0.717) is 16.7 Å². The van der Waals surface area contributed by atoms with E-state index in [9.17, 15) is 18.0 Å². The van der Waals surface area contributed by atoms with Crippen molar-refractivity contribution < 1.29 is 18.0 Å². The summed E-state index contributed by atoms with van der Waals surface area (Å²) >= 11 is 0. The van der Waals surface area contributed by atoms with E-state index < -0.39 is 11.7 Å². The lowest BCUT2D eigenvalue weighted by atomic mass is 10.0. The predicted molar refractivity (Wildman–Crippen MR) is 86.0 cm³/mol. The number of ketones is 1. The van der Waals surface area contributed by atoms with Gasteiger partial charge in [0.1, 0.15) is 0 Å². The summed E-state index contributed by atoms with van der Waals surface area (Å²) in [5, 5.41) is 0. The van der Waals surface area contributed by atoms with Gasteiger partial charge in [-0.05, 0) is 36.3 Å². The van der Waals surface area contributed by atoms with Crippen LogP contribution in [0.1, 0.15) is 28.4 Å². The van der Waals surface area contributed by atoms with Crippen LogP contribution in [-0.4, -0.2) is 12.0 Å². The third-order valence-corrected chi connectivity index (χ3v) is 3.20. The number of benzene rings is 2. The number of hydrogen-bond donors (Lipinski definition) is 0. The molecule has 0 aromatic heterocycles. The van der Waals surface area contributed by atoms with Gasteiger partial charge in [0.05, 0.1) is 5.57 Å². The molecule has 118 valence electrons. The summed E-state index contributed by atoms with van der Waals surface area (Å²) in [6.07, 6.45) is -0.993. The van der Waals surface area contributed by atoms with E-state index in [1.165, 1.54) is 25.1 Å². The van der Waals surface area contributed by atoms with Gasteiger partial charge in [-0.1, -0.05) is 54.6 Å². The molecule has 2 rings (SSSR count). The highest BCUT2D eigenvalue weighted by atomic mass is 19.4. The molecule has 23 heavy (non-hydrogen) atoms. The molecule has 0 aliphatic carbocycles. The number of carbonyl (C=O) groups is 1. The van der Waals surface area contributed by atoms with Gasteiger partial charge in [0.2, 0.25) is 0 Å². The quantitative estimate of drug-likeness (QED) is 0.534. The van der Waals surface area contributed by atoms with Crippen LogP contribution >= 0.6 is 0 Å². The Morgan fingerprint density at radius 3 is 2.22 bits per heavy atom. The maximum absolute atomic E-state index is 13.2. The van der Waals surface area contributed by atoms with Gasteiger partial charge in [-0.2, -0.15) is 13.2 Å². The molecule has 0 unspecified atom stereocenters. The number of Topliss-reactive ketones (excluding diaryl/α,β-unsaturated/α-hetero) is 1. The van der Waals surface area contributed by atoms with Crippen LogP contribution in [0, 0.1) is 0 Å². The molecule has 2 aromatic carbocycles. The molecule has 0 heterocycles. The second-order valence-electron chi connectivity index (χ2n) is 5.02. The van der Waals surface area contributed by atoms with E-state index in [4.69, 9.17) is 0 Å². The second kappa shape index (κ2) is 7.09. The highest BCUT2D eigenvalue weighted by Crippen LogP contribution is 2.29. The van der Waals surface area contributed by atoms with Gasteiger partial charge >= 0.3 is 6.18 Å². The smallest absolute Gasteiger partial charge is 0.295 e. The monoisotopic (exact) mass is 316 g/mol. The molecule has 0 saturated carbocycles. The Morgan fingerprint density at radius 1 is 0.957 bits per heavy atom. The Bertz CT molecular complexity index is 741. The van der Waals surface area contributed by atoms with Crippen molar-refractivity contribution in [2.75, 3.05) is 0 Å². The zero-order valence-corrected chi connectivity index (χ0v) is 12.5. The number of rotatable bonds is 4. The van der Waals surface area contributed by atoms with Crippen LogP contribution in [0.3, 0.4) is 0 Å². The maximum Gasteiger partial charge on any atom is 0.416 e. The van der Waals surface area contributed by atoms with Crippen molar-refractivity contribution in [2.24, 2.45) is 0 Å². The summed E-state index contributed by atoms with van der Waals surface area (Å²) in [5.41, 5.74) is 0.622. The van der Waals surface area contributed by atoms with Gasteiger partial charge in [0.25, 0.3) is 0 Å². The van der Waals surface area contributed by atoms with Crippen LogP contribution < -0.4 is 0 Å². The number of carbonyl (C=O) groups excluding carboxylic acids is 1. The first kappa shape index (κ1) is 16.7. The van der Waals surface area contributed by atoms with Crippen LogP contribution in [0.25, 0.3) is 12.2 Å². The van der Waals surface area contributed by atoms with E-state index in [1.807, 2.05) is 0 Å². The fourth-order valence-corrected chi connectivity index (χ4v) is 2.00. The molecule has 0 radical (unpaired) electrons. The Hall–Kier alpha value is -2.62. The highest BCUT2D eigenvalue weighted by molar-refractivity contribution is 5.94. The third kappa shape index (κ3) is 4.95. The SMILES string of the molecule is CC(=O)c1cccc(/C=C(\C=C\c2ccccc2)C(F)(F)F)c1. The van der Waals surface area contributed by atoms with Crippen molar-refractivity contribution in [1.29, 1.82) is 0 Å². The number of halogens is 3. The number of hydrogen-bond acceptors (Lipinski definition) is 1. The number of alkyl halides is 3. The summed E-state index contributed by atoms with van der Waals surface area (Å²) in [5.74, 6) is -0.186. The fourth-order valence-electron chi connectivity index (χ4n) is 2.00. The minimum atomic E-state index is -4.47. The summed E-state index contributed by atoms with van der Waals surface area (Å²) in [6.45, 7) is 1.38. The molecule has 0 saturated heterocycles. The van der Waals surface area contributed by atoms with Crippen LogP contribution in [0.4, 0.5) is 13.2 Å². The van der Waals surface area contributed by atoms with E-state index in [1.54, 1.807) is 42.5 Å². The van der Waals surface area contributed by atoms with Crippen molar-refractivity contribution in [3.8, 4) is 0 Å². The Labute approximate surface area is 132 Å². The third-order valence-electron chi connectivity index (χ3n) is 3.20. The molecule has 1 nitrogen and oxygen atoms in total. The summed E-state index contributed by atoms with van der Waals surface area (Å²) in [4.78, 5) is 11.3. The van der Waals surface area contributed by atoms with Crippen LogP contribution in [-0.2, 0) is 0 Å². The number of allylic oxidation sites excluding steroid dienone is 2. The van der Waals surface area contributed by atoms with Crippen molar-refractivity contribution in [3.05, 3.63) is 82.9 Å². The van der Waals surface area contributed by atoms with Gasteiger partial charge in [0.15, 0.2) is 5.78 Å². The first-order valence-electron chi connectivity index (χ1n) is 6.99. The van der Waals surface area contributed by atoms with Gasteiger partial charge < -0.3 is 0 Å². The molecule has 0 spiro atoms. The molecule has 0 aliphatic rings. The molecule has 0 amide bonds. The maximum atomic E-state index is 13.2. The van der Waals surface area contributed by atoms with Crippen molar-refractivity contribution in [3.63, 3.8) is 0 Å². The molecule has 0 bridgehead atoms. The molecular formula is C19H15F3O. The van der Waals surface area contributed by atoms with E-state index >= 15 is 0 Å². The van der Waals surface area contributed by atoms with Crippen LogP contribution in [0.2, 0.25) is 0 Å². The molecule has 2 aromatic rings. The Kier molecular flexibility index (Phi) is 5.16. The standard InChI is InChI=1S/C19H15F3O/c1-14(23)17-9-5-8-16(12-17)13-18(19(20,21)22)11-10-15-6-3-2-4-7-15/h2-13H,1H3/b11-10+,18-13+. The Balaban J connectivity index is 2.37. The second-order valence-corrected chi connectivity index (χ2v) is 5.02. The first-order valence-corrected chi connectivity index (χ1v) is 6.99. The molecule has 4 heteroatoms. The first-order chi connectivity index (χ1) is 10.9.